The van der Waals surface area contributed by atoms with E-state index < -0.39 is 0 Å². The summed E-state index contributed by atoms with van der Waals surface area (Å²) >= 11 is 0. The molecule has 96 valence electrons. The van der Waals surface area contributed by atoms with Crippen molar-refractivity contribution < 1.29 is 4.74 Å². The third kappa shape index (κ3) is 2.18. The van der Waals surface area contributed by atoms with Gasteiger partial charge in [0.15, 0.2) is 5.65 Å². The van der Waals surface area contributed by atoms with Crippen LogP contribution in [0.4, 0.5) is 0 Å². The Morgan fingerprint density at radius 1 is 1.39 bits per heavy atom. The number of hydrogen-bond acceptors (Lipinski definition) is 4. The number of pyridine rings is 1. The summed E-state index contributed by atoms with van der Waals surface area (Å²) in [4.78, 5) is 0. The van der Waals surface area contributed by atoms with Crippen LogP contribution >= 0.6 is 0 Å². The molecule has 1 fully saturated rings. The van der Waals surface area contributed by atoms with Gasteiger partial charge in [-0.05, 0) is 37.9 Å². The van der Waals surface area contributed by atoms with Gasteiger partial charge < -0.3 is 10.1 Å². The van der Waals surface area contributed by atoms with Gasteiger partial charge in [-0.15, -0.1) is 10.2 Å². The van der Waals surface area contributed by atoms with E-state index in [1.165, 1.54) is 12.8 Å². The third-order valence-electron chi connectivity index (χ3n) is 3.62. The number of fused-ring (bicyclic) bond motifs is 1. The average molecular weight is 246 g/mol. The van der Waals surface area contributed by atoms with Crippen molar-refractivity contribution in [2.45, 2.75) is 19.3 Å². The SMILES string of the molecule is COc1ccn2c(CC3CCNCC3)nnc2c1. The molecule has 0 spiro atoms. The predicted molar refractivity (Wildman–Crippen MR) is 68.8 cm³/mol. The van der Waals surface area contributed by atoms with Crippen molar-refractivity contribution in [2.75, 3.05) is 20.2 Å². The number of nitrogens with zero attached hydrogens (tertiary/aromatic N) is 3. The van der Waals surface area contributed by atoms with E-state index in [4.69, 9.17) is 4.74 Å². The summed E-state index contributed by atoms with van der Waals surface area (Å²) in [5, 5.41) is 11.9. The van der Waals surface area contributed by atoms with E-state index in [1.807, 2.05) is 18.3 Å². The third-order valence-corrected chi connectivity index (χ3v) is 3.62. The Kier molecular flexibility index (Phi) is 3.15. The first-order chi connectivity index (χ1) is 8.86. The molecule has 1 aliphatic heterocycles. The highest BCUT2D eigenvalue weighted by Gasteiger charge is 2.16. The summed E-state index contributed by atoms with van der Waals surface area (Å²) in [6.07, 6.45) is 5.45. The number of hydrogen-bond donors (Lipinski definition) is 1. The highest BCUT2D eigenvalue weighted by atomic mass is 16.5. The zero-order valence-electron chi connectivity index (χ0n) is 10.6. The van der Waals surface area contributed by atoms with Gasteiger partial charge in [-0.2, -0.15) is 0 Å². The minimum Gasteiger partial charge on any atom is -0.497 e. The van der Waals surface area contributed by atoms with Crippen LogP contribution < -0.4 is 10.1 Å². The van der Waals surface area contributed by atoms with Gasteiger partial charge in [-0.1, -0.05) is 0 Å². The summed E-state index contributed by atoms with van der Waals surface area (Å²) < 4.78 is 7.25. The van der Waals surface area contributed by atoms with Gasteiger partial charge in [0.2, 0.25) is 0 Å². The Bertz CT molecular complexity index is 531. The Labute approximate surface area is 106 Å². The average Bonchev–Trinajstić information content (AvgIpc) is 2.82. The zero-order chi connectivity index (χ0) is 12.4. The number of ether oxygens (including phenoxy) is 1. The van der Waals surface area contributed by atoms with Crippen molar-refractivity contribution in [2.24, 2.45) is 5.92 Å². The fraction of sp³-hybridized carbons (Fsp3) is 0.538. The minimum atomic E-state index is 0.723. The van der Waals surface area contributed by atoms with E-state index >= 15 is 0 Å². The highest BCUT2D eigenvalue weighted by molar-refractivity contribution is 5.44. The lowest BCUT2D eigenvalue weighted by atomic mass is 9.94. The van der Waals surface area contributed by atoms with Crippen molar-refractivity contribution in [3.63, 3.8) is 0 Å². The monoisotopic (exact) mass is 246 g/mol. The van der Waals surface area contributed by atoms with E-state index in [0.717, 1.165) is 42.6 Å². The summed E-state index contributed by atoms with van der Waals surface area (Å²) in [5.74, 6) is 2.60. The normalized spacial score (nSPS) is 17.2. The second-order valence-electron chi connectivity index (χ2n) is 4.81. The van der Waals surface area contributed by atoms with Crippen LogP contribution in [-0.4, -0.2) is 34.8 Å². The summed E-state index contributed by atoms with van der Waals surface area (Å²) in [7, 11) is 1.66. The largest absolute Gasteiger partial charge is 0.497 e. The number of rotatable bonds is 3. The molecule has 0 unspecified atom stereocenters. The number of aromatic nitrogens is 3. The Balaban J connectivity index is 1.83. The van der Waals surface area contributed by atoms with Crippen molar-refractivity contribution in [3.05, 3.63) is 24.2 Å². The number of methoxy groups -OCH3 is 1. The Morgan fingerprint density at radius 3 is 3.00 bits per heavy atom. The first-order valence-corrected chi connectivity index (χ1v) is 6.45. The van der Waals surface area contributed by atoms with Crippen LogP contribution in [0.1, 0.15) is 18.7 Å². The molecule has 18 heavy (non-hydrogen) atoms. The molecule has 5 heteroatoms. The quantitative estimate of drug-likeness (QED) is 0.886. The minimum absolute atomic E-state index is 0.723. The fourth-order valence-corrected chi connectivity index (χ4v) is 2.53. The number of piperidine rings is 1. The predicted octanol–water partition coefficient (Wildman–Crippen LogP) is 1.28. The summed E-state index contributed by atoms with van der Waals surface area (Å²) in [5.41, 5.74) is 0.860. The molecule has 1 saturated heterocycles. The molecule has 1 aliphatic rings. The van der Waals surface area contributed by atoms with Crippen LogP contribution in [-0.2, 0) is 6.42 Å². The Morgan fingerprint density at radius 2 is 2.22 bits per heavy atom. The first-order valence-electron chi connectivity index (χ1n) is 6.45. The van der Waals surface area contributed by atoms with Gasteiger partial charge in [0, 0.05) is 18.7 Å². The van der Waals surface area contributed by atoms with E-state index in [0.29, 0.717) is 0 Å². The van der Waals surface area contributed by atoms with E-state index in [2.05, 4.69) is 19.9 Å². The summed E-state index contributed by atoms with van der Waals surface area (Å²) in [6.45, 7) is 2.24. The molecule has 0 saturated carbocycles. The zero-order valence-corrected chi connectivity index (χ0v) is 10.6. The van der Waals surface area contributed by atoms with Crippen LogP contribution in [0.5, 0.6) is 5.75 Å². The molecule has 3 rings (SSSR count). The lowest BCUT2D eigenvalue weighted by Crippen LogP contribution is -2.29. The van der Waals surface area contributed by atoms with Crippen LogP contribution in [0, 0.1) is 5.92 Å². The lowest BCUT2D eigenvalue weighted by molar-refractivity contribution is 0.366. The van der Waals surface area contributed by atoms with Crippen molar-refractivity contribution >= 4 is 5.65 Å². The maximum atomic E-state index is 5.19. The molecular weight excluding hydrogens is 228 g/mol. The van der Waals surface area contributed by atoms with E-state index in [-0.39, 0.29) is 0 Å². The molecule has 0 bridgehead atoms. The molecule has 2 aromatic rings. The maximum absolute atomic E-state index is 5.19. The maximum Gasteiger partial charge on any atom is 0.164 e. The highest BCUT2D eigenvalue weighted by Crippen LogP contribution is 2.19. The second-order valence-corrected chi connectivity index (χ2v) is 4.81. The van der Waals surface area contributed by atoms with Crippen LogP contribution in [0.25, 0.3) is 5.65 Å². The smallest absolute Gasteiger partial charge is 0.164 e. The second kappa shape index (κ2) is 4.94. The Hall–Kier alpha value is -1.62. The standard InChI is InChI=1S/C13H18N4O/c1-18-11-4-7-17-12(15-16-13(17)9-11)8-10-2-5-14-6-3-10/h4,7,9-10,14H,2-3,5-6,8H2,1H3. The van der Waals surface area contributed by atoms with Gasteiger partial charge >= 0.3 is 0 Å². The first kappa shape index (κ1) is 11.5. The fourth-order valence-electron chi connectivity index (χ4n) is 2.53. The molecule has 0 amide bonds. The van der Waals surface area contributed by atoms with Gasteiger partial charge in [0.05, 0.1) is 7.11 Å². The molecule has 1 N–H and O–H groups in total. The molecule has 0 aliphatic carbocycles. The summed E-state index contributed by atoms with van der Waals surface area (Å²) in [6, 6.07) is 3.86. The lowest BCUT2D eigenvalue weighted by Gasteiger charge is -2.21. The van der Waals surface area contributed by atoms with E-state index in [9.17, 15) is 0 Å². The van der Waals surface area contributed by atoms with Gasteiger partial charge in [0.25, 0.3) is 0 Å². The van der Waals surface area contributed by atoms with Crippen LogP contribution in [0.3, 0.4) is 0 Å². The topological polar surface area (TPSA) is 51.5 Å². The van der Waals surface area contributed by atoms with Gasteiger partial charge in [-0.3, -0.25) is 4.40 Å². The van der Waals surface area contributed by atoms with E-state index in [1.54, 1.807) is 7.11 Å². The molecule has 5 nitrogen and oxygen atoms in total. The van der Waals surface area contributed by atoms with Crippen molar-refractivity contribution in [1.29, 1.82) is 0 Å². The van der Waals surface area contributed by atoms with Gasteiger partial charge in [0.1, 0.15) is 11.6 Å². The van der Waals surface area contributed by atoms with Crippen LogP contribution in [0.2, 0.25) is 0 Å². The molecule has 2 aromatic heterocycles. The van der Waals surface area contributed by atoms with Gasteiger partial charge in [-0.25, -0.2) is 0 Å². The number of nitrogens with one attached hydrogen (secondary N) is 1. The van der Waals surface area contributed by atoms with Crippen molar-refractivity contribution in [3.8, 4) is 5.75 Å². The molecule has 3 heterocycles. The van der Waals surface area contributed by atoms with Crippen molar-refractivity contribution in [1.82, 2.24) is 19.9 Å². The molecular formula is C13H18N4O. The molecule has 0 atom stereocenters. The molecule has 0 radical (unpaired) electrons. The molecule has 0 aromatic carbocycles. The van der Waals surface area contributed by atoms with Crippen LogP contribution in [0.15, 0.2) is 18.3 Å².